The third-order valence-corrected chi connectivity index (χ3v) is 4.02. The van der Waals surface area contributed by atoms with E-state index in [0.717, 1.165) is 6.42 Å². The summed E-state index contributed by atoms with van der Waals surface area (Å²) in [5.74, 6) is 0. The molecule has 1 aromatic carbocycles. The minimum atomic E-state index is 0.0825. The van der Waals surface area contributed by atoms with E-state index in [-0.39, 0.29) is 18.1 Å². The molecule has 1 fully saturated rings. The Kier molecular flexibility index (Phi) is 4.83. The smallest absolute Gasteiger partial charge is 0.322 e. The maximum Gasteiger partial charge on any atom is 0.324 e. The molecule has 1 aliphatic heterocycles. The first-order chi connectivity index (χ1) is 9.66. The lowest BCUT2D eigenvalue weighted by Gasteiger charge is -2.22. The summed E-state index contributed by atoms with van der Waals surface area (Å²) in [5.41, 5.74) is 1.19. The molecule has 0 saturated carbocycles. The molecule has 3 nitrogen and oxygen atoms in total. The third kappa shape index (κ3) is 2.87. The van der Waals surface area contributed by atoms with Gasteiger partial charge in [0.25, 0.3) is 0 Å². The van der Waals surface area contributed by atoms with Gasteiger partial charge in [-0.05, 0) is 18.9 Å². The Morgan fingerprint density at radius 1 is 1.25 bits per heavy atom. The van der Waals surface area contributed by atoms with Crippen molar-refractivity contribution < 1.29 is 4.79 Å². The summed E-state index contributed by atoms with van der Waals surface area (Å²) in [6.07, 6.45) is 7.45. The monoisotopic (exact) mass is 272 g/mol. The largest absolute Gasteiger partial charge is 0.324 e. The molecule has 0 spiro atoms. The van der Waals surface area contributed by atoms with Crippen molar-refractivity contribution in [1.82, 2.24) is 9.80 Å². The zero-order valence-corrected chi connectivity index (χ0v) is 12.6. The van der Waals surface area contributed by atoms with Gasteiger partial charge in [0.1, 0.15) is 0 Å². The van der Waals surface area contributed by atoms with Crippen LogP contribution in [0, 0.1) is 0 Å². The van der Waals surface area contributed by atoms with Crippen molar-refractivity contribution in [3.8, 4) is 0 Å². The van der Waals surface area contributed by atoms with E-state index in [1.54, 1.807) is 0 Å². The molecule has 1 heterocycles. The Balaban J connectivity index is 2.21. The van der Waals surface area contributed by atoms with E-state index in [4.69, 9.17) is 0 Å². The molecule has 0 aromatic heterocycles. The van der Waals surface area contributed by atoms with Crippen LogP contribution in [0.15, 0.2) is 42.6 Å². The first-order valence-corrected chi connectivity index (χ1v) is 7.43. The first kappa shape index (κ1) is 14.6. The van der Waals surface area contributed by atoms with Gasteiger partial charge in [-0.1, -0.05) is 56.2 Å². The van der Waals surface area contributed by atoms with Crippen LogP contribution >= 0.6 is 0 Å². The summed E-state index contributed by atoms with van der Waals surface area (Å²) in [5, 5.41) is 0. The van der Waals surface area contributed by atoms with E-state index < -0.39 is 0 Å². The highest BCUT2D eigenvalue weighted by molar-refractivity contribution is 5.79. The standard InChI is InChI=1S/C17H24N2O/c1-4-5-6-10-13-19-16(14(2)18(3)17(19)20)15-11-8-7-9-12-15/h7-14,16H,4-6H2,1-3H3/b13-10+/t14-,16-/m1/s1. The summed E-state index contributed by atoms with van der Waals surface area (Å²) >= 11 is 0. The number of carbonyl (C=O) groups is 1. The van der Waals surface area contributed by atoms with Crippen LogP contribution in [0.3, 0.4) is 0 Å². The molecule has 0 N–H and O–H groups in total. The van der Waals surface area contributed by atoms with Crippen LogP contribution < -0.4 is 0 Å². The van der Waals surface area contributed by atoms with Crippen LogP contribution in [0.1, 0.15) is 44.7 Å². The Morgan fingerprint density at radius 2 is 1.95 bits per heavy atom. The third-order valence-electron chi connectivity index (χ3n) is 4.02. The second kappa shape index (κ2) is 6.60. The fourth-order valence-electron chi connectivity index (χ4n) is 2.68. The van der Waals surface area contributed by atoms with Gasteiger partial charge in [0, 0.05) is 13.2 Å². The Labute approximate surface area is 121 Å². The van der Waals surface area contributed by atoms with Gasteiger partial charge in [0.15, 0.2) is 0 Å². The molecular formula is C17H24N2O. The number of benzene rings is 1. The first-order valence-electron chi connectivity index (χ1n) is 7.43. The van der Waals surface area contributed by atoms with Crippen LogP contribution in [-0.4, -0.2) is 28.9 Å². The molecule has 1 aromatic rings. The Bertz CT molecular complexity index is 469. The molecule has 0 unspecified atom stereocenters. The number of likely N-dealkylation sites (N-methyl/N-ethyl adjacent to an activating group) is 1. The van der Waals surface area contributed by atoms with Crippen molar-refractivity contribution in [3.63, 3.8) is 0 Å². The number of nitrogens with zero attached hydrogens (tertiary/aromatic N) is 2. The average molecular weight is 272 g/mol. The normalized spacial score (nSPS) is 23.1. The molecule has 1 saturated heterocycles. The van der Waals surface area contributed by atoms with E-state index in [1.807, 2.05) is 41.2 Å². The van der Waals surface area contributed by atoms with Crippen molar-refractivity contribution >= 4 is 6.03 Å². The van der Waals surface area contributed by atoms with Gasteiger partial charge in [-0.2, -0.15) is 0 Å². The number of urea groups is 1. The quantitative estimate of drug-likeness (QED) is 0.737. The number of hydrogen-bond donors (Lipinski definition) is 0. The summed E-state index contributed by atoms with van der Waals surface area (Å²) in [4.78, 5) is 16.1. The molecule has 2 amide bonds. The minimum Gasteiger partial charge on any atom is -0.322 e. The Morgan fingerprint density at radius 3 is 2.60 bits per heavy atom. The van der Waals surface area contributed by atoms with E-state index >= 15 is 0 Å². The number of allylic oxidation sites excluding steroid dienone is 1. The van der Waals surface area contributed by atoms with E-state index in [2.05, 4.69) is 32.1 Å². The molecule has 0 radical (unpaired) electrons. The van der Waals surface area contributed by atoms with Crippen LogP contribution in [0.25, 0.3) is 0 Å². The molecule has 20 heavy (non-hydrogen) atoms. The number of unbranched alkanes of at least 4 members (excludes halogenated alkanes) is 2. The van der Waals surface area contributed by atoms with Crippen LogP contribution in [0.2, 0.25) is 0 Å². The minimum absolute atomic E-state index is 0.0825. The number of hydrogen-bond acceptors (Lipinski definition) is 1. The van der Waals surface area contributed by atoms with Crippen molar-refractivity contribution in [2.24, 2.45) is 0 Å². The molecule has 108 valence electrons. The summed E-state index contributed by atoms with van der Waals surface area (Å²) in [7, 11) is 1.88. The Hall–Kier alpha value is -1.77. The maximum atomic E-state index is 12.4. The van der Waals surface area contributed by atoms with Crippen molar-refractivity contribution in [2.75, 3.05) is 7.05 Å². The second-order valence-corrected chi connectivity index (χ2v) is 5.42. The number of rotatable bonds is 5. The van der Waals surface area contributed by atoms with Gasteiger partial charge in [0.05, 0.1) is 12.1 Å². The molecule has 1 aliphatic rings. The lowest BCUT2D eigenvalue weighted by molar-refractivity contribution is 0.204. The number of amides is 2. The fraction of sp³-hybridized carbons (Fsp3) is 0.471. The van der Waals surface area contributed by atoms with Crippen LogP contribution in [0.5, 0.6) is 0 Å². The predicted octanol–water partition coefficient (Wildman–Crippen LogP) is 4.19. The van der Waals surface area contributed by atoms with E-state index in [9.17, 15) is 4.79 Å². The van der Waals surface area contributed by atoms with Crippen molar-refractivity contribution in [2.45, 2.75) is 45.2 Å². The zero-order valence-electron chi connectivity index (χ0n) is 12.6. The van der Waals surface area contributed by atoms with Crippen molar-refractivity contribution in [3.05, 3.63) is 48.2 Å². The van der Waals surface area contributed by atoms with Crippen molar-refractivity contribution in [1.29, 1.82) is 0 Å². The molecule has 2 atom stereocenters. The van der Waals surface area contributed by atoms with Gasteiger partial charge in [-0.3, -0.25) is 4.90 Å². The molecule has 3 heteroatoms. The van der Waals surface area contributed by atoms with Gasteiger partial charge in [0.2, 0.25) is 0 Å². The maximum absolute atomic E-state index is 12.4. The topological polar surface area (TPSA) is 23.6 Å². The molecule has 0 aliphatic carbocycles. The predicted molar refractivity (Wildman–Crippen MR) is 82.3 cm³/mol. The zero-order chi connectivity index (χ0) is 14.5. The van der Waals surface area contributed by atoms with Gasteiger partial charge < -0.3 is 4.90 Å². The van der Waals surface area contributed by atoms with Gasteiger partial charge >= 0.3 is 6.03 Å². The molecule has 0 bridgehead atoms. The van der Waals surface area contributed by atoms with Gasteiger partial charge in [-0.15, -0.1) is 0 Å². The van der Waals surface area contributed by atoms with Gasteiger partial charge in [-0.25, -0.2) is 4.79 Å². The van der Waals surface area contributed by atoms with E-state index in [1.165, 1.54) is 18.4 Å². The summed E-state index contributed by atoms with van der Waals surface area (Å²) in [6, 6.07) is 10.6. The second-order valence-electron chi connectivity index (χ2n) is 5.42. The highest BCUT2D eigenvalue weighted by Gasteiger charge is 2.40. The average Bonchev–Trinajstić information content (AvgIpc) is 2.69. The SMILES string of the molecule is CCCC/C=C/N1C(=O)N(C)[C@H](C)[C@@H]1c1ccccc1. The van der Waals surface area contributed by atoms with Crippen LogP contribution in [-0.2, 0) is 0 Å². The lowest BCUT2D eigenvalue weighted by Crippen LogP contribution is -2.28. The van der Waals surface area contributed by atoms with Crippen LogP contribution in [0.4, 0.5) is 4.79 Å². The molecular weight excluding hydrogens is 248 g/mol. The lowest BCUT2D eigenvalue weighted by atomic mass is 10.0. The number of carbonyl (C=O) groups excluding carboxylic acids is 1. The highest BCUT2D eigenvalue weighted by atomic mass is 16.2. The summed E-state index contributed by atoms with van der Waals surface area (Å²) < 4.78 is 0. The molecule has 2 rings (SSSR count). The fourth-order valence-corrected chi connectivity index (χ4v) is 2.68. The summed E-state index contributed by atoms with van der Waals surface area (Å²) in [6.45, 7) is 4.28. The highest BCUT2D eigenvalue weighted by Crippen LogP contribution is 2.34. The van der Waals surface area contributed by atoms with E-state index in [0.29, 0.717) is 0 Å².